The van der Waals surface area contributed by atoms with Crippen molar-refractivity contribution < 1.29 is 38.4 Å². The van der Waals surface area contributed by atoms with Gasteiger partial charge in [0.2, 0.25) is 12.2 Å². The molecule has 2 aromatic carbocycles. The van der Waals surface area contributed by atoms with Crippen LogP contribution in [0.3, 0.4) is 0 Å². The number of nitrogens with one attached hydrogen (secondary N) is 1. The summed E-state index contributed by atoms with van der Waals surface area (Å²) in [5.41, 5.74) is 1.25. The van der Waals surface area contributed by atoms with E-state index < -0.39 is 23.7 Å². The Kier molecular flexibility index (Phi) is 9.49. The number of methoxy groups -OCH3 is 1. The van der Waals surface area contributed by atoms with Crippen LogP contribution in [0.4, 0.5) is 10.5 Å². The summed E-state index contributed by atoms with van der Waals surface area (Å²) in [4.78, 5) is 33.5. The summed E-state index contributed by atoms with van der Waals surface area (Å²) < 4.78 is 23.3. The zero-order valence-electron chi connectivity index (χ0n) is 21.9. The van der Waals surface area contributed by atoms with Gasteiger partial charge in [-0.1, -0.05) is 30.3 Å². The molecular weight excluding hydrogens is 494 g/mol. The lowest BCUT2D eigenvalue weighted by Crippen LogP contribution is -2.49. The maximum Gasteiger partial charge on any atom is 0.503 e. The van der Waals surface area contributed by atoms with Crippen LogP contribution in [0.25, 0.3) is 11.0 Å². The summed E-state index contributed by atoms with van der Waals surface area (Å²) in [5.74, 6) is 0.352. The Labute approximate surface area is 220 Å². The Morgan fingerprint density at radius 1 is 1.11 bits per heavy atom. The molecule has 1 fully saturated rings. The maximum atomic E-state index is 12.6. The minimum absolute atomic E-state index is 0.00407. The molecule has 2 heterocycles. The fraction of sp³-hybridized carbons (Fsp3) is 0.393. The number of fused-ring (bicyclic) bond motifs is 1. The Bertz CT molecular complexity index is 1310. The number of hydrogen-bond acceptors (Lipinski definition) is 7. The molecule has 0 radical (unpaired) electrons. The zero-order chi connectivity index (χ0) is 27.9. The van der Waals surface area contributed by atoms with Crippen molar-refractivity contribution in [2.45, 2.75) is 64.4 Å². The van der Waals surface area contributed by atoms with Gasteiger partial charge in [0.15, 0.2) is 0 Å². The summed E-state index contributed by atoms with van der Waals surface area (Å²) in [7, 11) is 1.69. The first kappa shape index (κ1) is 28.7. The van der Waals surface area contributed by atoms with Gasteiger partial charge in [0, 0.05) is 30.9 Å². The van der Waals surface area contributed by atoms with Crippen LogP contribution in [0.5, 0.6) is 5.75 Å². The van der Waals surface area contributed by atoms with Crippen LogP contribution in [0.2, 0.25) is 0 Å². The average Bonchev–Trinajstić information content (AvgIpc) is 2.85. The molecule has 38 heavy (non-hydrogen) atoms. The molecule has 4 rings (SSSR count). The average molecular weight is 528 g/mol. The summed E-state index contributed by atoms with van der Waals surface area (Å²) in [5, 5.41) is 17.3. The van der Waals surface area contributed by atoms with Crippen molar-refractivity contribution in [2.24, 2.45) is 0 Å². The van der Waals surface area contributed by atoms with E-state index in [1.807, 2.05) is 63.2 Å². The molecule has 0 aliphatic carbocycles. The topological polar surface area (TPSA) is 145 Å². The first-order valence-corrected chi connectivity index (χ1v) is 12.2. The van der Waals surface area contributed by atoms with Crippen molar-refractivity contribution in [3.63, 3.8) is 0 Å². The van der Waals surface area contributed by atoms with Crippen molar-refractivity contribution in [1.29, 1.82) is 0 Å². The summed E-state index contributed by atoms with van der Waals surface area (Å²) >= 11 is 0. The van der Waals surface area contributed by atoms with Crippen LogP contribution in [-0.2, 0) is 20.7 Å². The predicted molar refractivity (Wildman–Crippen MR) is 141 cm³/mol. The van der Waals surface area contributed by atoms with Crippen molar-refractivity contribution in [3.05, 3.63) is 70.1 Å². The molecule has 10 nitrogen and oxygen atoms in total. The number of carboxylic acid groups (broad SMARTS) is 2. The smallest absolute Gasteiger partial charge is 0.465 e. The second-order valence-corrected chi connectivity index (χ2v) is 9.44. The van der Waals surface area contributed by atoms with Crippen molar-refractivity contribution in [3.8, 4) is 5.75 Å². The van der Waals surface area contributed by atoms with Gasteiger partial charge in [-0.3, -0.25) is 4.79 Å². The van der Waals surface area contributed by atoms with Gasteiger partial charge >= 0.3 is 11.8 Å². The van der Waals surface area contributed by atoms with E-state index >= 15 is 0 Å². The second-order valence-electron chi connectivity index (χ2n) is 9.44. The molecule has 3 N–H and O–H groups in total. The van der Waals surface area contributed by atoms with E-state index in [1.54, 1.807) is 13.2 Å². The third-order valence-electron chi connectivity index (χ3n) is 6.28. The monoisotopic (exact) mass is 527 g/mol. The number of aryl methyl sites for hydroxylation is 2. The van der Waals surface area contributed by atoms with Crippen LogP contribution in [0, 0.1) is 6.92 Å². The Morgan fingerprint density at radius 2 is 1.79 bits per heavy atom. The van der Waals surface area contributed by atoms with Gasteiger partial charge in [-0.15, -0.1) is 0 Å². The van der Waals surface area contributed by atoms with Gasteiger partial charge in [0.05, 0.1) is 11.7 Å². The molecule has 0 spiro atoms. The molecule has 204 valence electrons. The third-order valence-corrected chi connectivity index (χ3v) is 6.28. The van der Waals surface area contributed by atoms with Gasteiger partial charge in [0.1, 0.15) is 17.0 Å². The fourth-order valence-corrected chi connectivity index (χ4v) is 4.37. The molecule has 2 atom stereocenters. The molecule has 0 bridgehead atoms. The molecule has 1 aliphatic rings. The van der Waals surface area contributed by atoms with Crippen LogP contribution >= 0.6 is 0 Å². The molecule has 1 aliphatic heterocycles. The van der Waals surface area contributed by atoms with E-state index in [1.165, 1.54) is 0 Å². The number of ether oxygens (including phenoxy) is 3. The standard InChI is InChI=1S/C27H31NO6.CH2O3/c1-17-21(32-24-15-13-22(31-4)27(2,3)34-24)12-11-19-16-20(26(30)33-25(17)19)28-23(29)14-10-18-8-6-5-7-9-18;2-1(3)4/h5-9,11-12,16,22,24H,10,13-15H2,1-4H3,(H,28,29);(H2,2,3,4). The fourth-order valence-electron chi connectivity index (χ4n) is 4.37. The number of amides is 1. The van der Waals surface area contributed by atoms with Gasteiger partial charge in [-0.05, 0) is 57.4 Å². The molecule has 1 aromatic heterocycles. The van der Waals surface area contributed by atoms with E-state index in [9.17, 15) is 9.59 Å². The molecule has 0 saturated carbocycles. The Balaban J connectivity index is 0.000000934. The number of anilines is 1. The number of hydrogen-bond donors (Lipinski definition) is 3. The number of carbonyl (C=O) groups excluding carboxylic acids is 1. The van der Waals surface area contributed by atoms with E-state index in [-0.39, 0.29) is 24.1 Å². The van der Waals surface area contributed by atoms with E-state index in [2.05, 4.69) is 5.32 Å². The van der Waals surface area contributed by atoms with Gasteiger partial charge < -0.3 is 34.2 Å². The lowest BCUT2D eigenvalue weighted by Gasteiger charge is -2.41. The molecule has 2 unspecified atom stereocenters. The van der Waals surface area contributed by atoms with Crippen LogP contribution in [0.1, 0.15) is 44.2 Å². The highest BCUT2D eigenvalue weighted by molar-refractivity contribution is 5.93. The first-order valence-electron chi connectivity index (χ1n) is 12.2. The summed E-state index contributed by atoms with van der Waals surface area (Å²) in [6, 6.07) is 15.0. The van der Waals surface area contributed by atoms with E-state index in [4.69, 9.17) is 33.6 Å². The lowest BCUT2D eigenvalue weighted by molar-refractivity contribution is -0.233. The predicted octanol–water partition coefficient (Wildman–Crippen LogP) is 5.20. The van der Waals surface area contributed by atoms with Gasteiger partial charge in [0.25, 0.3) is 0 Å². The largest absolute Gasteiger partial charge is 0.503 e. The summed E-state index contributed by atoms with van der Waals surface area (Å²) in [6.07, 6.45) is 0.128. The third kappa shape index (κ3) is 7.56. The molecule has 10 heteroatoms. The Morgan fingerprint density at radius 3 is 2.42 bits per heavy atom. The van der Waals surface area contributed by atoms with Gasteiger partial charge in [-0.2, -0.15) is 0 Å². The van der Waals surface area contributed by atoms with Crippen molar-refractivity contribution in [2.75, 3.05) is 12.4 Å². The highest BCUT2D eigenvalue weighted by atomic mass is 16.7. The quantitative estimate of drug-likeness (QED) is 0.353. The Hall–Kier alpha value is -3.89. The lowest BCUT2D eigenvalue weighted by atomic mass is 9.94. The SMILES string of the molecule is COC1CCC(Oc2ccc3cc(NC(=O)CCc4ccccc4)c(=O)oc3c2C)OC1(C)C.O=C(O)O. The zero-order valence-corrected chi connectivity index (χ0v) is 21.9. The van der Waals surface area contributed by atoms with Crippen molar-refractivity contribution >= 4 is 28.7 Å². The molecule has 1 amide bonds. The minimum atomic E-state index is -1.83. The van der Waals surface area contributed by atoms with Crippen LogP contribution < -0.4 is 15.7 Å². The highest BCUT2D eigenvalue weighted by Gasteiger charge is 2.39. The van der Waals surface area contributed by atoms with Crippen LogP contribution in [-0.4, -0.2) is 47.4 Å². The minimum Gasteiger partial charge on any atom is -0.465 e. The first-order chi connectivity index (χ1) is 18.0. The van der Waals surface area contributed by atoms with Crippen molar-refractivity contribution in [1.82, 2.24) is 0 Å². The number of rotatable bonds is 7. The molecular formula is C28H33NO9. The summed E-state index contributed by atoms with van der Waals surface area (Å²) in [6.45, 7) is 5.81. The van der Waals surface area contributed by atoms with E-state index in [0.29, 0.717) is 35.1 Å². The van der Waals surface area contributed by atoms with Gasteiger partial charge in [-0.25, -0.2) is 9.59 Å². The number of carbonyl (C=O) groups is 2. The maximum absolute atomic E-state index is 12.6. The number of benzene rings is 2. The molecule has 3 aromatic rings. The highest BCUT2D eigenvalue weighted by Crippen LogP contribution is 2.34. The van der Waals surface area contributed by atoms with Crippen LogP contribution in [0.15, 0.2) is 57.7 Å². The molecule has 1 saturated heterocycles. The normalized spacial score (nSPS) is 18.2. The second kappa shape index (κ2) is 12.6. The van der Waals surface area contributed by atoms with E-state index in [0.717, 1.165) is 12.0 Å².